The fourth-order valence-electron chi connectivity index (χ4n) is 3.11. The quantitative estimate of drug-likeness (QED) is 0.435. The predicted octanol–water partition coefficient (Wildman–Crippen LogP) is 3.82. The molecule has 0 bridgehead atoms. The minimum Gasteiger partial charge on any atom is -0.467 e. The molecule has 0 aliphatic carbocycles. The van der Waals surface area contributed by atoms with Crippen LogP contribution >= 0.6 is 0 Å². The van der Waals surface area contributed by atoms with Gasteiger partial charge >= 0.3 is 12.0 Å². The normalized spacial score (nSPS) is 10.6. The molecule has 0 saturated carbocycles. The molecule has 166 valence electrons. The molecule has 2 heterocycles. The van der Waals surface area contributed by atoms with E-state index in [2.05, 4.69) is 15.6 Å². The molecule has 0 unspecified atom stereocenters. The van der Waals surface area contributed by atoms with E-state index >= 15 is 0 Å². The first kappa shape index (κ1) is 21.7. The van der Waals surface area contributed by atoms with Crippen LogP contribution in [0.2, 0.25) is 0 Å². The summed E-state index contributed by atoms with van der Waals surface area (Å²) >= 11 is 0. The zero-order chi connectivity index (χ0) is 23.2. The third kappa shape index (κ3) is 5.40. The number of hydrogen-bond acceptors (Lipinski definition) is 6. The van der Waals surface area contributed by atoms with Gasteiger partial charge in [-0.15, -0.1) is 0 Å². The standard InChI is InChI=1S/C24H18FN3O5/c25-16-9-7-15(8-10-16)21-12-19(18-5-1-2-6-20(18)27-21)23(30)33-14-22(29)28-24(31)26-13-17-4-3-11-32-17/h1-12H,13-14H2,(H2,26,28,29,31). The van der Waals surface area contributed by atoms with Crippen molar-refractivity contribution in [1.29, 1.82) is 0 Å². The van der Waals surface area contributed by atoms with Gasteiger partial charge in [-0.2, -0.15) is 0 Å². The van der Waals surface area contributed by atoms with Crippen LogP contribution in [0.4, 0.5) is 9.18 Å². The molecule has 0 aliphatic heterocycles. The van der Waals surface area contributed by atoms with Crippen LogP contribution in [-0.2, 0) is 16.1 Å². The summed E-state index contributed by atoms with van der Waals surface area (Å²) in [6, 6.07) is 16.8. The Kier molecular flexibility index (Phi) is 6.40. The maximum atomic E-state index is 13.3. The third-order valence-electron chi connectivity index (χ3n) is 4.67. The number of esters is 1. The second kappa shape index (κ2) is 9.73. The first-order chi connectivity index (χ1) is 16.0. The molecule has 2 aromatic heterocycles. The summed E-state index contributed by atoms with van der Waals surface area (Å²) in [4.78, 5) is 41.1. The number of para-hydroxylation sites is 1. The van der Waals surface area contributed by atoms with Crippen LogP contribution in [-0.4, -0.2) is 29.5 Å². The van der Waals surface area contributed by atoms with Gasteiger partial charge in [0.15, 0.2) is 6.61 Å². The van der Waals surface area contributed by atoms with E-state index in [-0.39, 0.29) is 12.1 Å². The number of rotatable bonds is 6. The number of hydrogen-bond donors (Lipinski definition) is 2. The predicted molar refractivity (Wildman–Crippen MR) is 117 cm³/mol. The number of benzene rings is 2. The molecule has 9 heteroatoms. The number of urea groups is 1. The number of aromatic nitrogens is 1. The second-order valence-electron chi connectivity index (χ2n) is 6.97. The van der Waals surface area contributed by atoms with Crippen LogP contribution < -0.4 is 10.6 Å². The highest BCUT2D eigenvalue weighted by atomic mass is 19.1. The number of furan rings is 1. The Morgan fingerprint density at radius 1 is 1.00 bits per heavy atom. The molecule has 3 amide bonds. The van der Waals surface area contributed by atoms with Gasteiger partial charge in [-0.25, -0.2) is 19.0 Å². The van der Waals surface area contributed by atoms with Gasteiger partial charge in [-0.05, 0) is 48.5 Å². The second-order valence-corrected chi connectivity index (χ2v) is 6.97. The average molecular weight is 447 g/mol. The Hall–Kier alpha value is -4.53. The van der Waals surface area contributed by atoms with E-state index in [9.17, 15) is 18.8 Å². The molecule has 0 saturated heterocycles. The van der Waals surface area contributed by atoms with Crippen molar-refractivity contribution in [2.75, 3.05) is 6.61 Å². The van der Waals surface area contributed by atoms with Gasteiger partial charge in [0.2, 0.25) is 0 Å². The lowest BCUT2D eigenvalue weighted by Crippen LogP contribution is -2.41. The van der Waals surface area contributed by atoms with Crippen LogP contribution in [0.3, 0.4) is 0 Å². The Balaban J connectivity index is 1.44. The van der Waals surface area contributed by atoms with Gasteiger partial charge in [0.1, 0.15) is 11.6 Å². The number of nitrogens with one attached hydrogen (secondary N) is 2. The number of imide groups is 1. The first-order valence-corrected chi connectivity index (χ1v) is 9.92. The van der Waals surface area contributed by atoms with Crippen molar-refractivity contribution in [3.05, 3.63) is 90.1 Å². The number of nitrogens with zero attached hydrogens (tertiary/aromatic N) is 1. The van der Waals surface area contributed by atoms with Crippen molar-refractivity contribution in [2.24, 2.45) is 0 Å². The molecule has 0 radical (unpaired) electrons. The van der Waals surface area contributed by atoms with Crippen LogP contribution in [0.5, 0.6) is 0 Å². The highest BCUT2D eigenvalue weighted by Gasteiger charge is 2.17. The van der Waals surface area contributed by atoms with Crippen molar-refractivity contribution in [3.8, 4) is 11.3 Å². The van der Waals surface area contributed by atoms with Gasteiger partial charge in [0, 0.05) is 10.9 Å². The zero-order valence-electron chi connectivity index (χ0n) is 17.2. The lowest BCUT2D eigenvalue weighted by molar-refractivity contribution is -0.123. The fraction of sp³-hybridized carbons (Fsp3) is 0.0833. The van der Waals surface area contributed by atoms with E-state index in [1.165, 1.54) is 24.5 Å². The Morgan fingerprint density at radius 3 is 2.55 bits per heavy atom. The molecule has 0 aliphatic rings. The third-order valence-corrected chi connectivity index (χ3v) is 4.67. The fourth-order valence-corrected chi connectivity index (χ4v) is 3.11. The lowest BCUT2D eigenvalue weighted by atomic mass is 10.0. The van der Waals surface area contributed by atoms with Crippen molar-refractivity contribution in [2.45, 2.75) is 6.54 Å². The molecular formula is C24H18FN3O5. The number of carbonyl (C=O) groups is 3. The highest BCUT2D eigenvalue weighted by Crippen LogP contribution is 2.25. The summed E-state index contributed by atoms with van der Waals surface area (Å²) in [6.07, 6.45) is 1.46. The number of amides is 3. The molecule has 8 nitrogen and oxygen atoms in total. The molecule has 2 aromatic carbocycles. The first-order valence-electron chi connectivity index (χ1n) is 9.92. The van der Waals surface area contributed by atoms with Crippen molar-refractivity contribution < 1.29 is 27.9 Å². The molecular weight excluding hydrogens is 429 g/mol. The van der Waals surface area contributed by atoms with Crippen LogP contribution in [0, 0.1) is 5.82 Å². The molecule has 4 aromatic rings. The summed E-state index contributed by atoms with van der Waals surface area (Å²) < 4.78 is 23.5. The molecule has 33 heavy (non-hydrogen) atoms. The number of pyridine rings is 1. The largest absolute Gasteiger partial charge is 0.467 e. The maximum absolute atomic E-state index is 13.3. The Bertz CT molecular complexity index is 1300. The van der Waals surface area contributed by atoms with E-state index in [0.717, 1.165) is 0 Å². The summed E-state index contributed by atoms with van der Waals surface area (Å²) in [5.74, 6) is -1.43. The monoisotopic (exact) mass is 447 g/mol. The topological polar surface area (TPSA) is 111 Å². The lowest BCUT2D eigenvalue weighted by Gasteiger charge is -2.10. The summed E-state index contributed by atoms with van der Waals surface area (Å²) in [6.45, 7) is -0.559. The molecule has 0 spiro atoms. The van der Waals surface area contributed by atoms with Crippen molar-refractivity contribution >= 4 is 28.8 Å². The Labute approximate surface area is 187 Å². The van der Waals surface area contributed by atoms with Gasteiger partial charge in [-0.1, -0.05) is 18.2 Å². The highest BCUT2D eigenvalue weighted by molar-refractivity contribution is 6.05. The number of fused-ring (bicyclic) bond motifs is 1. The minimum atomic E-state index is -0.794. The number of ether oxygens (including phenoxy) is 1. The molecule has 0 atom stereocenters. The van der Waals surface area contributed by atoms with Crippen LogP contribution in [0.1, 0.15) is 16.1 Å². The van der Waals surface area contributed by atoms with Gasteiger partial charge in [0.05, 0.1) is 29.6 Å². The summed E-state index contributed by atoms with van der Waals surface area (Å²) in [7, 11) is 0. The van der Waals surface area contributed by atoms with Gasteiger partial charge in [0.25, 0.3) is 5.91 Å². The number of halogens is 1. The summed E-state index contributed by atoms with van der Waals surface area (Å²) in [5.41, 5.74) is 1.78. The molecule has 2 N–H and O–H groups in total. The smallest absolute Gasteiger partial charge is 0.339 e. The number of carbonyl (C=O) groups excluding carboxylic acids is 3. The Morgan fingerprint density at radius 2 is 1.79 bits per heavy atom. The van der Waals surface area contributed by atoms with E-state index in [4.69, 9.17) is 9.15 Å². The van der Waals surface area contributed by atoms with Crippen molar-refractivity contribution in [3.63, 3.8) is 0 Å². The van der Waals surface area contributed by atoms with E-state index in [1.807, 2.05) is 0 Å². The average Bonchev–Trinajstić information content (AvgIpc) is 3.35. The van der Waals surface area contributed by atoms with Crippen LogP contribution in [0.25, 0.3) is 22.2 Å². The van der Waals surface area contributed by atoms with E-state index < -0.39 is 30.3 Å². The van der Waals surface area contributed by atoms with Gasteiger partial charge < -0.3 is 14.5 Å². The summed E-state index contributed by atoms with van der Waals surface area (Å²) in [5, 5.41) is 5.05. The minimum absolute atomic E-state index is 0.0983. The van der Waals surface area contributed by atoms with Crippen LogP contribution in [0.15, 0.2) is 77.4 Å². The molecule has 0 fully saturated rings. The van der Waals surface area contributed by atoms with E-state index in [0.29, 0.717) is 27.9 Å². The van der Waals surface area contributed by atoms with Crippen molar-refractivity contribution in [1.82, 2.24) is 15.6 Å². The molecule has 4 rings (SSSR count). The zero-order valence-corrected chi connectivity index (χ0v) is 17.2. The van der Waals surface area contributed by atoms with E-state index in [1.54, 1.807) is 48.5 Å². The van der Waals surface area contributed by atoms with Gasteiger partial charge in [-0.3, -0.25) is 10.1 Å². The maximum Gasteiger partial charge on any atom is 0.339 e. The SMILES string of the molecule is O=C(COC(=O)c1cc(-c2ccc(F)cc2)nc2ccccc12)NC(=O)NCc1ccco1.